The average molecular weight is 1180 g/mol. The zero-order chi connectivity index (χ0) is 60.6. The zero-order valence-electron chi connectivity index (χ0n) is 49.4. The third-order valence-corrected chi connectivity index (χ3v) is 17.8. The minimum atomic E-state index is -1.28. The number of hydrogen-bond acceptors (Lipinski definition) is 10. The van der Waals surface area contributed by atoms with Gasteiger partial charge in [-0.3, -0.25) is 19.2 Å². The standard InChI is InChI=1S/C71H78N4O8S2/c1-8-61(66(77)75-65(51(4)5)69(80)82-7)72-67(78)62(49-85-71(56-35-21-12-22-36-56,57-37-23-13-24-38-57)58-39-25-14-26-40-58)73-68(79)64(50(2)3)74-63(76)47-60(83-48-52-42-44-59(81-6)45-43-52)41-27-28-46-84-70(53-29-15-9-16-30-53,54-31-17-10-18-32-54)55-33-19-11-20-34-55/h8-27,29-45,50-51,60,62,64-65H,28,46-49H2,1-7H3,(H,72,78)(H,73,79)(H,74,76)(H,75,77)/b41-27+,61-8-/t60-,62+,64+,65-/m0/s1. The van der Waals surface area contributed by atoms with Gasteiger partial charge >= 0.3 is 5.97 Å². The number of esters is 1. The second-order valence-electron chi connectivity index (χ2n) is 21.1. The Hall–Kier alpha value is -8.17. The molecular formula is C71H78N4O8S2. The summed E-state index contributed by atoms with van der Waals surface area (Å²) in [5.41, 5.74) is 7.04. The summed E-state index contributed by atoms with van der Waals surface area (Å²) in [6.45, 7) is 8.97. The molecule has 0 bridgehead atoms. The molecule has 0 aliphatic heterocycles. The van der Waals surface area contributed by atoms with E-state index < -0.39 is 69.2 Å². The van der Waals surface area contributed by atoms with Crippen LogP contribution >= 0.6 is 23.5 Å². The lowest BCUT2D eigenvalue weighted by Gasteiger charge is -2.36. The average Bonchev–Trinajstić information content (AvgIpc) is 1.70. The van der Waals surface area contributed by atoms with Gasteiger partial charge in [0.1, 0.15) is 29.6 Å². The summed E-state index contributed by atoms with van der Waals surface area (Å²) in [5, 5.41) is 11.5. The van der Waals surface area contributed by atoms with E-state index in [0.717, 1.165) is 44.7 Å². The number of rotatable bonds is 30. The highest BCUT2D eigenvalue weighted by atomic mass is 32.2. The van der Waals surface area contributed by atoms with Gasteiger partial charge in [0.25, 0.3) is 5.91 Å². The molecule has 12 nitrogen and oxygen atoms in total. The van der Waals surface area contributed by atoms with Gasteiger partial charge in [0.2, 0.25) is 17.7 Å². The summed E-state index contributed by atoms with van der Waals surface area (Å²) in [4.78, 5) is 70.9. The SMILES string of the molecule is C/C=C(\NC(=O)[C@@H](CSC(c1ccccc1)(c1ccccc1)c1ccccc1)NC(=O)[C@H](NC(=O)C[C@H](/C=C/CCSC(c1ccccc1)(c1ccccc1)c1ccccc1)OCc1ccc(OC)cc1)C(C)C)C(=O)N[C@H](C(=O)OC)C(C)C. The van der Waals surface area contributed by atoms with Crippen molar-refractivity contribution in [2.75, 3.05) is 25.7 Å². The smallest absolute Gasteiger partial charge is 0.328 e. The Bertz CT molecular complexity index is 3080. The highest BCUT2D eigenvalue weighted by Crippen LogP contribution is 2.50. The molecule has 85 heavy (non-hydrogen) atoms. The van der Waals surface area contributed by atoms with Crippen molar-refractivity contribution < 1.29 is 38.2 Å². The Morgan fingerprint density at radius 1 is 0.529 bits per heavy atom. The largest absolute Gasteiger partial charge is 0.497 e. The Kier molecular flexibility index (Phi) is 24.4. The minimum absolute atomic E-state index is 0.00205. The highest BCUT2D eigenvalue weighted by Gasteiger charge is 2.40. The first-order valence-electron chi connectivity index (χ1n) is 28.7. The maximum atomic E-state index is 15.0. The van der Waals surface area contributed by atoms with E-state index in [2.05, 4.69) is 100 Å². The second kappa shape index (κ2) is 32.2. The molecule has 0 radical (unpaired) electrons. The van der Waals surface area contributed by atoms with Crippen LogP contribution in [0.5, 0.6) is 5.75 Å². The van der Waals surface area contributed by atoms with Gasteiger partial charge in [-0.05, 0) is 82.0 Å². The van der Waals surface area contributed by atoms with Crippen LogP contribution in [0.15, 0.2) is 230 Å². The molecule has 4 atom stereocenters. The summed E-state index contributed by atoms with van der Waals surface area (Å²) in [6, 6.07) is 65.6. The van der Waals surface area contributed by atoms with Gasteiger partial charge in [0.15, 0.2) is 0 Å². The number of amides is 4. The Balaban J connectivity index is 1.15. The van der Waals surface area contributed by atoms with E-state index in [1.807, 2.05) is 165 Å². The van der Waals surface area contributed by atoms with E-state index in [4.69, 9.17) is 14.2 Å². The van der Waals surface area contributed by atoms with E-state index >= 15 is 0 Å². The molecule has 7 aromatic carbocycles. The van der Waals surface area contributed by atoms with Crippen LogP contribution in [-0.4, -0.2) is 79.6 Å². The molecular weight excluding hydrogens is 1100 g/mol. The summed E-state index contributed by atoms with van der Waals surface area (Å²) >= 11 is 3.29. The fraction of sp³-hybridized carbons (Fsp3) is 0.282. The first kappa shape index (κ1) is 64.4. The molecule has 14 heteroatoms. The zero-order valence-corrected chi connectivity index (χ0v) is 51.1. The van der Waals surface area contributed by atoms with Gasteiger partial charge in [-0.2, -0.15) is 0 Å². The van der Waals surface area contributed by atoms with E-state index in [1.165, 1.54) is 24.9 Å². The maximum absolute atomic E-state index is 15.0. The third-order valence-electron chi connectivity index (χ3n) is 14.6. The number of carbonyl (C=O) groups excluding carboxylic acids is 5. The number of nitrogens with one attached hydrogen (secondary N) is 4. The van der Waals surface area contributed by atoms with E-state index in [-0.39, 0.29) is 30.4 Å². The van der Waals surface area contributed by atoms with Crippen molar-refractivity contribution in [1.29, 1.82) is 0 Å². The van der Waals surface area contributed by atoms with Crippen LogP contribution in [0.1, 0.15) is 86.4 Å². The van der Waals surface area contributed by atoms with Crippen LogP contribution in [0.4, 0.5) is 0 Å². The predicted molar refractivity (Wildman–Crippen MR) is 343 cm³/mol. The molecule has 7 aromatic rings. The lowest BCUT2D eigenvalue weighted by Crippen LogP contribution is -2.57. The van der Waals surface area contributed by atoms with Gasteiger partial charge < -0.3 is 35.5 Å². The number of carbonyl (C=O) groups is 5. The molecule has 442 valence electrons. The fourth-order valence-corrected chi connectivity index (χ4v) is 13.1. The Labute approximate surface area is 510 Å². The predicted octanol–water partition coefficient (Wildman–Crippen LogP) is 12.3. The molecule has 0 aromatic heterocycles. The van der Waals surface area contributed by atoms with Crippen molar-refractivity contribution >= 4 is 53.1 Å². The van der Waals surface area contributed by atoms with Gasteiger partial charge in [0.05, 0.1) is 42.8 Å². The van der Waals surface area contributed by atoms with Crippen LogP contribution in [0, 0.1) is 11.8 Å². The molecule has 0 spiro atoms. The van der Waals surface area contributed by atoms with Crippen molar-refractivity contribution in [3.63, 3.8) is 0 Å². The first-order chi connectivity index (χ1) is 41.2. The minimum Gasteiger partial charge on any atom is -0.497 e. The van der Waals surface area contributed by atoms with Crippen molar-refractivity contribution in [3.8, 4) is 5.75 Å². The van der Waals surface area contributed by atoms with Gasteiger partial charge in [-0.25, -0.2) is 4.79 Å². The monoisotopic (exact) mass is 1180 g/mol. The number of hydrogen-bond donors (Lipinski definition) is 4. The van der Waals surface area contributed by atoms with Crippen LogP contribution in [0.25, 0.3) is 0 Å². The summed E-state index contributed by atoms with van der Waals surface area (Å²) in [6.07, 6.45) is 5.25. The van der Waals surface area contributed by atoms with E-state index in [0.29, 0.717) is 12.2 Å². The summed E-state index contributed by atoms with van der Waals surface area (Å²) < 4.78 is 15.5. The Morgan fingerprint density at radius 3 is 1.36 bits per heavy atom. The fourth-order valence-electron chi connectivity index (χ4n) is 10.1. The highest BCUT2D eigenvalue weighted by molar-refractivity contribution is 8.00. The van der Waals surface area contributed by atoms with Crippen molar-refractivity contribution in [1.82, 2.24) is 21.3 Å². The molecule has 0 aliphatic rings. The van der Waals surface area contributed by atoms with Crippen molar-refractivity contribution in [3.05, 3.63) is 269 Å². The normalized spacial score (nSPS) is 13.3. The van der Waals surface area contributed by atoms with Gasteiger partial charge in [-0.1, -0.05) is 240 Å². The van der Waals surface area contributed by atoms with Crippen molar-refractivity contribution in [2.24, 2.45) is 11.8 Å². The van der Waals surface area contributed by atoms with Crippen molar-refractivity contribution in [2.45, 2.75) is 87.8 Å². The third kappa shape index (κ3) is 17.0. The van der Waals surface area contributed by atoms with Crippen LogP contribution in [0.3, 0.4) is 0 Å². The number of methoxy groups -OCH3 is 2. The lowest BCUT2D eigenvalue weighted by atomic mass is 9.84. The quantitative estimate of drug-likeness (QED) is 0.0112. The molecule has 7 rings (SSSR count). The van der Waals surface area contributed by atoms with Crippen LogP contribution in [0.2, 0.25) is 0 Å². The van der Waals surface area contributed by atoms with Gasteiger partial charge in [0, 0.05) is 5.75 Å². The summed E-state index contributed by atoms with van der Waals surface area (Å²) in [7, 11) is 2.85. The van der Waals surface area contributed by atoms with Crippen LogP contribution < -0.4 is 26.0 Å². The summed E-state index contributed by atoms with van der Waals surface area (Å²) in [5.74, 6) is -2.42. The molecule has 0 saturated carbocycles. The molecule has 4 N–H and O–H groups in total. The second-order valence-corrected chi connectivity index (χ2v) is 23.6. The van der Waals surface area contributed by atoms with E-state index in [1.54, 1.807) is 27.9 Å². The molecule has 0 saturated heterocycles. The van der Waals surface area contributed by atoms with Crippen LogP contribution in [-0.2, 0) is 49.5 Å². The van der Waals surface area contributed by atoms with Gasteiger partial charge in [-0.15, -0.1) is 23.5 Å². The van der Waals surface area contributed by atoms with E-state index in [9.17, 15) is 24.0 Å². The molecule has 0 fully saturated rings. The number of benzene rings is 7. The molecule has 4 amide bonds. The first-order valence-corrected chi connectivity index (χ1v) is 30.7. The topological polar surface area (TPSA) is 161 Å². The molecule has 0 unspecified atom stereocenters. The molecule has 0 aliphatic carbocycles. The lowest BCUT2D eigenvalue weighted by molar-refractivity contribution is -0.146. The number of ether oxygens (including phenoxy) is 3. The number of thioether (sulfide) groups is 2. The maximum Gasteiger partial charge on any atom is 0.328 e. The Morgan fingerprint density at radius 2 is 0.965 bits per heavy atom. The molecule has 0 heterocycles. The number of allylic oxidation sites excluding steroid dienone is 2.